The van der Waals surface area contributed by atoms with Gasteiger partial charge in [-0.25, -0.2) is 0 Å². The second-order valence-electron chi connectivity index (χ2n) is 29.2. The van der Waals surface area contributed by atoms with Gasteiger partial charge in [0.05, 0.1) is 34.1 Å². The van der Waals surface area contributed by atoms with E-state index in [4.69, 9.17) is 30.0 Å². The molecule has 0 radical (unpaired) electrons. The lowest BCUT2D eigenvalue weighted by molar-refractivity contribution is 0.617. The molecule has 0 spiro atoms. The average molecular weight is 1250 g/mol. The van der Waals surface area contributed by atoms with Crippen LogP contribution in [0.2, 0.25) is 0 Å². The zero-order valence-corrected chi connectivity index (χ0v) is 57.4. The molecule has 32 rings (SSSR count). The van der Waals surface area contributed by atoms with Crippen LogP contribution in [0.15, 0.2) is 285 Å². The van der Waals surface area contributed by atoms with Crippen LogP contribution in [0, 0.1) is 0 Å². The van der Waals surface area contributed by atoms with Crippen LogP contribution >= 0.6 is 0 Å². The molecule has 0 saturated carbocycles. The van der Waals surface area contributed by atoms with Crippen LogP contribution in [-0.4, -0.2) is 37.3 Å². The van der Waals surface area contributed by atoms with Crippen molar-refractivity contribution in [2.24, 2.45) is 30.0 Å². The summed E-state index contributed by atoms with van der Waals surface area (Å²) in [5.41, 5.74) is 23.7. The molecule has 0 atom stereocenters. The average Bonchev–Trinajstić information content (AvgIpc) is 0.797. The summed E-state index contributed by atoms with van der Waals surface area (Å²) in [6, 6.07) is 92.0. The smallest absolute Gasteiger partial charge is 0.0630 e. The number of nitrogens with zero attached hydrogens (tertiary/aromatic N) is 6. The molecule has 6 nitrogen and oxygen atoms in total. The van der Waals surface area contributed by atoms with Crippen LogP contribution in [0.3, 0.4) is 0 Å². The molecule has 474 valence electrons. The monoisotopic (exact) mass is 1250 g/mol. The highest BCUT2D eigenvalue weighted by molar-refractivity contribution is 5.95. The topological polar surface area (TPSA) is 74.2 Å². The molecule has 0 saturated heterocycles. The molecular weight excluding hydrogens is 1170 g/mol. The fraction of sp³-hybridized carbons (Fsp3) is 0.200. The van der Waals surface area contributed by atoms with Crippen LogP contribution in [0.25, 0.3) is 0 Å². The summed E-state index contributed by atoms with van der Waals surface area (Å²) < 4.78 is 0. The third kappa shape index (κ3) is 13.4. The third-order valence-corrected chi connectivity index (χ3v) is 20.6. The molecule has 0 N–H and O–H groups in total. The SMILES string of the molecule is CC1(C)c2ccc(cc2)N=Cc2cc3cc(c2)C=Nc2ccc(cc2)C(C)(C)c2cccc(c2)C(C)(C)c2ccc(cc2)N=Cc2cc(cc(c2)C=Nc2ccc(cc2)C(C)(C)c2cccc(c2)C(C)(C)c2ccc(cc2)N=C3)C=Nc2ccc(cc2)C(C)(C)c2cccc1c2. The summed E-state index contributed by atoms with van der Waals surface area (Å²) in [7, 11) is 0. The van der Waals surface area contributed by atoms with E-state index in [1.54, 1.807) is 0 Å². The van der Waals surface area contributed by atoms with Gasteiger partial charge in [0.15, 0.2) is 0 Å². The van der Waals surface area contributed by atoms with Gasteiger partial charge in [0.25, 0.3) is 0 Å². The maximum absolute atomic E-state index is 5.07. The van der Waals surface area contributed by atoms with E-state index in [0.717, 1.165) is 67.5 Å². The summed E-state index contributed by atoms with van der Waals surface area (Å²) in [6.45, 7) is 27.6. The zero-order chi connectivity index (χ0) is 67.0. The molecular formula is C90H84N6. The van der Waals surface area contributed by atoms with Crippen LogP contribution < -0.4 is 0 Å². The minimum atomic E-state index is -0.291. The number of rotatable bonds is 0. The fourth-order valence-electron chi connectivity index (χ4n) is 13.4. The highest BCUT2D eigenvalue weighted by Crippen LogP contribution is 2.42. The zero-order valence-electron chi connectivity index (χ0n) is 57.4. The molecule has 11 aromatic carbocycles. The first-order chi connectivity index (χ1) is 46.0. The van der Waals surface area contributed by atoms with Crippen molar-refractivity contribution in [2.75, 3.05) is 0 Å². The van der Waals surface area contributed by atoms with Gasteiger partial charge in [0, 0.05) is 69.8 Å². The maximum Gasteiger partial charge on any atom is 0.0630 e. The summed E-state index contributed by atoms with van der Waals surface area (Å²) in [5, 5.41) is 0. The molecule has 0 aliphatic carbocycles. The molecule has 24 bridgehead atoms. The van der Waals surface area contributed by atoms with Gasteiger partial charge in [-0.15, -0.1) is 0 Å². The second kappa shape index (κ2) is 25.6. The van der Waals surface area contributed by atoms with Gasteiger partial charge in [-0.2, -0.15) is 0 Å². The Hall–Kier alpha value is -10.6. The molecule has 0 unspecified atom stereocenters. The molecule has 21 aliphatic rings. The van der Waals surface area contributed by atoms with Gasteiger partial charge in [-0.05, 0) is 209 Å². The van der Waals surface area contributed by atoms with Crippen LogP contribution in [0.5, 0.6) is 0 Å². The number of benzene rings is 11. The predicted molar refractivity (Wildman–Crippen MR) is 407 cm³/mol. The Kier molecular flexibility index (Phi) is 17.1. The highest BCUT2D eigenvalue weighted by Gasteiger charge is 2.32. The highest BCUT2D eigenvalue weighted by atomic mass is 14.7. The van der Waals surface area contributed by atoms with Crippen LogP contribution in [0.1, 0.15) is 183 Å². The first kappa shape index (κ1) is 64.2. The van der Waals surface area contributed by atoms with Crippen molar-refractivity contribution in [1.29, 1.82) is 0 Å². The molecule has 0 fully saturated rings. The normalized spacial score (nSPS) is 16.4. The quantitative estimate of drug-likeness (QED) is 0.145. The Morgan fingerprint density at radius 1 is 0.156 bits per heavy atom. The minimum absolute atomic E-state index is 0.291. The first-order valence-electron chi connectivity index (χ1n) is 33.5. The summed E-state index contributed by atoms with van der Waals surface area (Å²) in [4.78, 5) is 30.4. The van der Waals surface area contributed by atoms with E-state index >= 15 is 0 Å². The molecule has 6 heteroatoms. The number of aliphatic imine (C=N–C) groups is 6. The van der Waals surface area contributed by atoms with Crippen molar-refractivity contribution in [3.05, 3.63) is 355 Å². The lowest BCUT2D eigenvalue weighted by Crippen LogP contribution is -2.22. The van der Waals surface area contributed by atoms with Crippen molar-refractivity contribution in [1.82, 2.24) is 0 Å². The Morgan fingerprint density at radius 3 is 0.427 bits per heavy atom. The standard InChI is InChI=1S/C90H84N6/c1-85(2)67-22-34-79(35-23-67)91-55-61-46-62-48-63(47-61)57-94-82-40-28-70(29-41-82)88(7,8)76-19-15-21-78(54-76)90(11,12)72-32-44-84(45-33-72)96-60-66-50-64(58-92-80-36-24-68(25-37-80)86(3,4)74-17-13-16-73(85)52-74)49-65(51-66)59-95-83-42-30-71(31-43-83)89(9,10)77-20-14-18-75(53-77)87(5,6)69-26-38-81(39-27-69)93-56-62/h13-60H,1-12H3. The Labute approximate surface area is 568 Å². The second-order valence-corrected chi connectivity index (χ2v) is 29.2. The third-order valence-electron chi connectivity index (χ3n) is 20.6. The van der Waals surface area contributed by atoms with E-state index in [1.165, 1.54) is 66.8 Å². The number of hydrogen-bond acceptors (Lipinski definition) is 6. The fourth-order valence-corrected chi connectivity index (χ4v) is 13.4. The molecule has 0 aromatic heterocycles. The molecule has 11 aromatic rings. The van der Waals surface area contributed by atoms with Crippen molar-refractivity contribution in [3.63, 3.8) is 0 Å². The van der Waals surface area contributed by atoms with Gasteiger partial charge in [0.2, 0.25) is 0 Å². The summed E-state index contributed by atoms with van der Waals surface area (Å²) in [5.74, 6) is 0. The molecule has 21 heterocycles. The van der Waals surface area contributed by atoms with Gasteiger partial charge < -0.3 is 0 Å². The van der Waals surface area contributed by atoms with Crippen molar-refractivity contribution >= 4 is 71.4 Å². The van der Waals surface area contributed by atoms with Gasteiger partial charge in [-0.3, -0.25) is 30.0 Å². The largest absolute Gasteiger partial charge is 0.256 e. The van der Waals surface area contributed by atoms with Crippen LogP contribution in [0.4, 0.5) is 34.1 Å². The Bertz CT molecular complexity index is 4040. The summed E-state index contributed by atoms with van der Waals surface area (Å²) in [6.07, 6.45) is 11.7. The van der Waals surface area contributed by atoms with E-state index in [2.05, 4.69) is 338 Å². The Balaban J connectivity index is 0.946. The number of hydrogen-bond donors (Lipinski definition) is 0. The predicted octanol–water partition coefficient (Wildman–Crippen LogP) is 22.8. The molecule has 0 amide bonds. The lowest BCUT2D eigenvalue weighted by Gasteiger charge is -2.31. The van der Waals surface area contributed by atoms with Crippen molar-refractivity contribution in [2.45, 2.75) is 116 Å². The van der Waals surface area contributed by atoms with Crippen molar-refractivity contribution < 1.29 is 0 Å². The summed E-state index contributed by atoms with van der Waals surface area (Å²) >= 11 is 0. The Morgan fingerprint density at radius 2 is 0.292 bits per heavy atom. The van der Waals surface area contributed by atoms with Crippen LogP contribution in [-0.2, 0) is 32.5 Å². The van der Waals surface area contributed by atoms with Gasteiger partial charge >= 0.3 is 0 Å². The molecule has 21 aliphatic heterocycles. The van der Waals surface area contributed by atoms with E-state index in [0.29, 0.717) is 0 Å². The lowest BCUT2D eigenvalue weighted by atomic mass is 9.73. The van der Waals surface area contributed by atoms with Crippen molar-refractivity contribution in [3.8, 4) is 0 Å². The maximum atomic E-state index is 5.07. The van der Waals surface area contributed by atoms with Gasteiger partial charge in [0.1, 0.15) is 0 Å². The first-order valence-corrected chi connectivity index (χ1v) is 33.5. The minimum Gasteiger partial charge on any atom is -0.256 e. The molecule has 96 heavy (non-hydrogen) atoms. The van der Waals surface area contributed by atoms with Gasteiger partial charge in [-0.1, -0.05) is 229 Å². The van der Waals surface area contributed by atoms with E-state index < -0.39 is 0 Å². The van der Waals surface area contributed by atoms with E-state index in [1.807, 2.05) is 37.3 Å². The van der Waals surface area contributed by atoms with E-state index in [-0.39, 0.29) is 32.5 Å². The van der Waals surface area contributed by atoms with E-state index in [9.17, 15) is 0 Å².